The molecule has 0 fully saturated rings. The number of ether oxygens (including phenoxy) is 1. The monoisotopic (exact) mass is 395 g/mol. The number of halogens is 1. The third-order valence-corrected chi connectivity index (χ3v) is 3.64. The van der Waals surface area contributed by atoms with Gasteiger partial charge in [-0.2, -0.15) is 0 Å². The van der Waals surface area contributed by atoms with Crippen molar-refractivity contribution >= 4 is 34.2 Å². The van der Waals surface area contributed by atoms with Gasteiger partial charge >= 0.3 is 0 Å². The Hall–Kier alpha value is -1.56. The summed E-state index contributed by atoms with van der Waals surface area (Å²) in [6.07, 6.45) is 2.16. The van der Waals surface area contributed by atoms with Crippen molar-refractivity contribution in [3.63, 3.8) is 0 Å². The fourth-order valence-corrected chi connectivity index (χ4v) is 2.34. The zero-order valence-corrected chi connectivity index (χ0v) is 14.1. The fraction of sp³-hybridized carbons (Fsp3) is 0.235. The molecule has 1 N–H and O–H groups in total. The van der Waals surface area contributed by atoms with Crippen molar-refractivity contribution < 1.29 is 9.53 Å². The van der Waals surface area contributed by atoms with Crippen LogP contribution in [0.3, 0.4) is 0 Å². The molecule has 0 atom stereocenters. The van der Waals surface area contributed by atoms with Crippen LogP contribution in [0, 0.1) is 3.57 Å². The van der Waals surface area contributed by atoms with Gasteiger partial charge < -0.3 is 10.1 Å². The Morgan fingerprint density at radius 2 is 1.95 bits per heavy atom. The predicted molar refractivity (Wildman–Crippen MR) is 94.0 cm³/mol. The number of hydrogen-bond donors (Lipinski definition) is 1. The zero-order chi connectivity index (χ0) is 15.1. The minimum absolute atomic E-state index is 0.104. The van der Waals surface area contributed by atoms with Gasteiger partial charge in [-0.3, -0.25) is 4.79 Å². The number of unbranched alkanes of at least 4 members (excludes halogenated alkanes) is 1. The van der Waals surface area contributed by atoms with E-state index >= 15 is 0 Å². The molecule has 0 saturated carbocycles. The second-order valence-electron chi connectivity index (χ2n) is 4.69. The van der Waals surface area contributed by atoms with Crippen LogP contribution in [-0.4, -0.2) is 12.5 Å². The molecule has 0 unspecified atom stereocenters. The summed E-state index contributed by atoms with van der Waals surface area (Å²) in [5, 5.41) is 2.88. The van der Waals surface area contributed by atoms with Crippen molar-refractivity contribution in [2.45, 2.75) is 19.8 Å². The molecule has 0 heterocycles. The topological polar surface area (TPSA) is 38.3 Å². The highest BCUT2D eigenvalue weighted by Gasteiger charge is 2.06. The summed E-state index contributed by atoms with van der Waals surface area (Å²) in [7, 11) is 0. The van der Waals surface area contributed by atoms with Crippen molar-refractivity contribution in [2.75, 3.05) is 11.9 Å². The van der Waals surface area contributed by atoms with Crippen LogP contribution in [0.1, 0.15) is 30.1 Å². The van der Waals surface area contributed by atoms with Gasteiger partial charge in [-0.25, -0.2) is 0 Å². The molecule has 0 aliphatic heterocycles. The van der Waals surface area contributed by atoms with E-state index in [2.05, 4.69) is 34.8 Å². The van der Waals surface area contributed by atoms with E-state index in [1.54, 1.807) is 6.07 Å². The number of nitrogens with one attached hydrogen (secondary N) is 1. The van der Waals surface area contributed by atoms with E-state index in [9.17, 15) is 4.79 Å². The van der Waals surface area contributed by atoms with E-state index in [0.717, 1.165) is 34.5 Å². The van der Waals surface area contributed by atoms with Crippen LogP contribution >= 0.6 is 22.6 Å². The lowest BCUT2D eigenvalue weighted by Crippen LogP contribution is -2.11. The van der Waals surface area contributed by atoms with E-state index in [-0.39, 0.29) is 5.91 Å². The lowest BCUT2D eigenvalue weighted by Gasteiger charge is -2.08. The Balaban J connectivity index is 1.95. The SMILES string of the molecule is CCCCOc1ccc(NC(=O)c2cccc(I)c2)cc1. The lowest BCUT2D eigenvalue weighted by atomic mass is 10.2. The highest BCUT2D eigenvalue weighted by atomic mass is 127. The quantitative estimate of drug-likeness (QED) is 0.568. The first kappa shape index (κ1) is 15.8. The molecule has 1 amide bonds. The number of benzene rings is 2. The minimum Gasteiger partial charge on any atom is -0.494 e. The molecule has 0 radical (unpaired) electrons. The van der Waals surface area contributed by atoms with Gasteiger partial charge in [0.2, 0.25) is 0 Å². The van der Waals surface area contributed by atoms with Crippen LogP contribution < -0.4 is 10.1 Å². The van der Waals surface area contributed by atoms with Gasteiger partial charge in [-0.05, 0) is 71.5 Å². The van der Waals surface area contributed by atoms with Crippen molar-refractivity contribution in [1.29, 1.82) is 0 Å². The number of anilines is 1. The molecule has 0 saturated heterocycles. The zero-order valence-electron chi connectivity index (χ0n) is 11.9. The molecule has 0 spiro atoms. The number of carbonyl (C=O) groups excluding carboxylic acids is 1. The van der Waals surface area contributed by atoms with Gasteiger partial charge in [-0.1, -0.05) is 19.4 Å². The first-order valence-corrected chi connectivity index (χ1v) is 8.06. The third-order valence-electron chi connectivity index (χ3n) is 2.97. The molecule has 4 heteroatoms. The Morgan fingerprint density at radius 1 is 1.19 bits per heavy atom. The summed E-state index contributed by atoms with van der Waals surface area (Å²) in [4.78, 5) is 12.1. The number of carbonyl (C=O) groups is 1. The van der Waals surface area contributed by atoms with Crippen LogP contribution in [0.25, 0.3) is 0 Å². The second-order valence-corrected chi connectivity index (χ2v) is 5.94. The molecule has 2 aromatic carbocycles. The normalized spacial score (nSPS) is 10.2. The highest BCUT2D eigenvalue weighted by Crippen LogP contribution is 2.17. The maximum atomic E-state index is 12.1. The number of rotatable bonds is 6. The Labute approximate surface area is 138 Å². The van der Waals surface area contributed by atoms with Crippen molar-refractivity contribution in [2.24, 2.45) is 0 Å². The molecule has 2 aromatic rings. The van der Waals surface area contributed by atoms with Gasteiger partial charge in [0.15, 0.2) is 0 Å². The van der Waals surface area contributed by atoms with Crippen LogP contribution in [0.5, 0.6) is 5.75 Å². The number of amides is 1. The van der Waals surface area contributed by atoms with Crippen molar-refractivity contribution in [3.8, 4) is 5.75 Å². The van der Waals surface area contributed by atoms with Gasteiger partial charge in [0.1, 0.15) is 5.75 Å². The fourth-order valence-electron chi connectivity index (χ4n) is 1.80. The summed E-state index contributed by atoms with van der Waals surface area (Å²) >= 11 is 2.19. The van der Waals surface area contributed by atoms with E-state index in [0.29, 0.717) is 5.56 Å². The summed E-state index contributed by atoms with van der Waals surface area (Å²) in [6, 6.07) is 15.0. The molecule has 0 bridgehead atoms. The number of hydrogen-bond acceptors (Lipinski definition) is 2. The molecule has 0 aliphatic carbocycles. The smallest absolute Gasteiger partial charge is 0.255 e. The van der Waals surface area contributed by atoms with Gasteiger partial charge in [-0.15, -0.1) is 0 Å². The average molecular weight is 395 g/mol. The summed E-state index contributed by atoms with van der Waals surface area (Å²) in [6.45, 7) is 2.86. The summed E-state index contributed by atoms with van der Waals surface area (Å²) < 4.78 is 6.63. The summed E-state index contributed by atoms with van der Waals surface area (Å²) in [5.74, 6) is 0.726. The van der Waals surface area contributed by atoms with Gasteiger partial charge in [0.25, 0.3) is 5.91 Å². The van der Waals surface area contributed by atoms with Crippen LogP contribution in [0.4, 0.5) is 5.69 Å². The molecular formula is C17H18INO2. The first-order valence-electron chi connectivity index (χ1n) is 6.99. The minimum atomic E-state index is -0.104. The Kier molecular flexibility index (Phi) is 6.04. The lowest BCUT2D eigenvalue weighted by molar-refractivity contribution is 0.102. The largest absolute Gasteiger partial charge is 0.494 e. The van der Waals surface area contributed by atoms with E-state index in [1.807, 2.05) is 42.5 Å². The second kappa shape index (κ2) is 8.02. The standard InChI is InChI=1S/C17H18INO2/c1-2-3-11-21-16-9-7-15(8-10-16)19-17(20)13-5-4-6-14(18)12-13/h4-10,12H,2-3,11H2,1H3,(H,19,20). The third kappa shape index (κ3) is 5.04. The average Bonchev–Trinajstić information content (AvgIpc) is 2.49. The van der Waals surface area contributed by atoms with Crippen LogP contribution in [0.2, 0.25) is 0 Å². The van der Waals surface area contributed by atoms with Crippen molar-refractivity contribution in [1.82, 2.24) is 0 Å². The molecule has 2 rings (SSSR count). The van der Waals surface area contributed by atoms with Crippen molar-refractivity contribution in [3.05, 3.63) is 57.7 Å². The maximum Gasteiger partial charge on any atom is 0.255 e. The van der Waals surface area contributed by atoms with Gasteiger partial charge in [0.05, 0.1) is 6.61 Å². The maximum absolute atomic E-state index is 12.1. The Morgan fingerprint density at radius 3 is 2.62 bits per heavy atom. The van der Waals surface area contributed by atoms with Gasteiger partial charge in [0, 0.05) is 14.8 Å². The first-order chi connectivity index (χ1) is 10.2. The van der Waals surface area contributed by atoms with E-state index < -0.39 is 0 Å². The molecule has 0 aromatic heterocycles. The molecule has 0 aliphatic rings. The highest BCUT2D eigenvalue weighted by molar-refractivity contribution is 14.1. The molecule has 21 heavy (non-hydrogen) atoms. The predicted octanol–water partition coefficient (Wildman–Crippen LogP) is 4.72. The molecule has 110 valence electrons. The van der Waals surface area contributed by atoms with Crippen LogP contribution in [0.15, 0.2) is 48.5 Å². The Bertz CT molecular complexity index is 596. The summed E-state index contributed by atoms with van der Waals surface area (Å²) in [5.41, 5.74) is 1.42. The van der Waals surface area contributed by atoms with Crippen LogP contribution in [-0.2, 0) is 0 Å². The molecule has 3 nitrogen and oxygen atoms in total. The van der Waals surface area contributed by atoms with E-state index in [1.165, 1.54) is 0 Å². The molecular weight excluding hydrogens is 377 g/mol. The van der Waals surface area contributed by atoms with E-state index in [4.69, 9.17) is 4.74 Å².